The van der Waals surface area contributed by atoms with E-state index in [2.05, 4.69) is 25.7 Å². The second kappa shape index (κ2) is 7.71. The molecule has 136 valence electrons. The molecule has 1 N–H and O–H groups in total. The number of halogens is 1. The monoisotopic (exact) mass is 370 g/mol. The van der Waals surface area contributed by atoms with Gasteiger partial charge in [-0.2, -0.15) is 0 Å². The summed E-state index contributed by atoms with van der Waals surface area (Å²) in [6, 6.07) is 21.8. The predicted octanol–water partition coefficient (Wildman–Crippen LogP) is 3.99. The lowest BCUT2D eigenvalue weighted by Crippen LogP contribution is -2.11. The minimum atomic E-state index is -0.388. The molecule has 0 saturated heterocycles. The molecule has 1 heterocycles. The van der Waals surface area contributed by atoms with Crippen LogP contribution in [0.3, 0.4) is 0 Å². The number of nitrogens with one attached hydrogen (secondary N) is 1. The van der Waals surface area contributed by atoms with E-state index in [4.69, 9.17) is 0 Å². The van der Waals surface area contributed by atoms with E-state index < -0.39 is 0 Å². The zero-order valence-corrected chi connectivity index (χ0v) is 14.6. The first-order chi connectivity index (χ1) is 13.7. The first-order valence-electron chi connectivity index (χ1n) is 8.49. The minimum absolute atomic E-state index is 0.320. The van der Waals surface area contributed by atoms with Crippen LogP contribution >= 0.6 is 0 Å². The molecule has 0 atom stereocenters. The maximum Gasteiger partial charge on any atom is 0.255 e. The number of nitrogens with zero attached hydrogens (tertiary/aromatic N) is 4. The van der Waals surface area contributed by atoms with E-state index in [0.717, 1.165) is 11.1 Å². The van der Waals surface area contributed by atoms with Crippen molar-refractivity contribution in [1.29, 1.82) is 0 Å². The van der Waals surface area contributed by atoms with Crippen molar-refractivity contribution in [3.63, 3.8) is 0 Å². The van der Waals surface area contributed by atoms with E-state index in [0.29, 0.717) is 22.9 Å². The Kier molecular flexibility index (Phi) is 4.79. The van der Waals surface area contributed by atoms with E-state index in [1.807, 2.05) is 30.3 Å². The molecule has 1 aromatic heterocycles. The summed E-state index contributed by atoms with van der Waals surface area (Å²) < 4.78 is 13.0. The van der Waals surface area contributed by atoms with Crippen LogP contribution in [0.4, 0.5) is 10.1 Å². The number of aromatic nitrogens is 4. The van der Waals surface area contributed by atoms with Crippen molar-refractivity contribution in [2.75, 3.05) is 5.32 Å². The summed E-state index contributed by atoms with van der Waals surface area (Å²) in [5, 5.41) is 19.2. The van der Waals surface area contributed by atoms with Gasteiger partial charge in [-0.05, 0) is 48.5 Å². The summed E-state index contributed by atoms with van der Waals surface area (Å²) in [4.78, 5) is 12.2. The Morgan fingerprint density at radius 2 is 1.21 bits per heavy atom. The van der Waals surface area contributed by atoms with E-state index in [1.54, 1.807) is 24.3 Å². The van der Waals surface area contributed by atoms with Crippen molar-refractivity contribution < 1.29 is 9.18 Å². The Hall–Kier alpha value is -4.00. The fraction of sp³-hybridized carbons (Fsp3) is 0. The first kappa shape index (κ1) is 17.4. The Labute approximate surface area is 160 Å². The van der Waals surface area contributed by atoms with Crippen LogP contribution in [0, 0.1) is 5.82 Å². The molecule has 3 aromatic carbocycles. The zero-order valence-electron chi connectivity index (χ0n) is 14.6. The summed E-state index contributed by atoms with van der Waals surface area (Å²) in [6.07, 6.45) is 0. The smallest absolute Gasteiger partial charge is 0.255 e. The van der Waals surface area contributed by atoms with Gasteiger partial charge in [0.25, 0.3) is 5.91 Å². The standard InChI is InChI=1S/C21H14FN5O/c22-17-10-6-16(7-11-17)21(28)23-18-12-8-15(9-13-18)20-26-24-19(25-27-20)14-4-2-1-3-5-14/h1-13H,(H,23,28)/i22-1. The molecule has 4 aromatic rings. The van der Waals surface area contributed by atoms with Crippen LogP contribution in [0.2, 0.25) is 0 Å². The third kappa shape index (κ3) is 3.88. The average Bonchev–Trinajstić information content (AvgIpc) is 2.75. The largest absolute Gasteiger partial charge is 0.322 e. The van der Waals surface area contributed by atoms with Gasteiger partial charge < -0.3 is 5.32 Å². The molecule has 0 spiro atoms. The van der Waals surface area contributed by atoms with Gasteiger partial charge in [0.2, 0.25) is 11.6 Å². The lowest BCUT2D eigenvalue weighted by atomic mass is 10.1. The molecule has 1 amide bonds. The summed E-state index contributed by atoms with van der Waals surface area (Å²) in [5.74, 6) is 0.129. The number of hydrogen-bond donors (Lipinski definition) is 1. The van der Waals surface area contributed by atoms with Crippen LogP contribution in [0.15, 0.2) is 78.9 Å². The molecular weight excluding hydrogens is 356 g/mol. The number of carbonyl (C=O) groups is 1. The first-order valence-corrected chi connectivity index (χ1v) is 8.49. The van der Waals surface area contributed by atoms with Crippen molar-refractivity contribution in [2.24, 2.45) is 0 Å². The van der Waals surface area contributed by atoms with Crippen molar-refractivity contribution in [1.82, 2.24) is 20.4 Å². The van der Waals surface area contributed by atoms with Crippen LogP contribution in [-0.2, 0) is 0 Å². The van der Waals surface area contributed by atoms with Crippen molar-refractivity contribution in [3.8, 4) is 22.8 Å². The van der Waals surface area contributed by atoms with Crippen molar-refractivity contribution in [2.45, 2.75) is 0 Å². The van der Waals surface area contributed by atoms with Crippen molar-refractivity contribution in [3.05, 3.63) is 90.2 Å². The second-order valence-corrected chi connectivity index (χ2v) is 5.95. The molecule has 4 rings (SSSR count). The predicted molar refractivity (Wildman–Crippen MR) is 103 cm³/mol. The highest BCUT2D eigenvalue weighted by Gasteiger charge is 2.09. The van der Waals surface area contributed by atoms with Gasteiger partial charge in [-0.1, -0.05) is 30.3 Å². The maximum absolute atomic E-state index is 13.0. The average molecular weight is 370 g/mol. The van der Waals surface area contributed by atoms with Gasteiger partial charge in [-0.15, -0.1) is 20.4 Å². The van der Waals surface area contributed by atoms with Crippen LogP contribution in [0.25, 0.3) is 22.8 Å². The van der Waals surface area contributed by atoms with Gasteiger partial charge in [-0.25, -0.2) is 4.39 Å². The van der Waals surface area contributed by atoms with Gasteiger partial charge in [0.15, 0.2) is 0 Å². The maximum atomic E-state index is 13.0. The van der Waals surface area contributed by atoms with Gasteiger partial charge >= 0.3 is 0 Å². The molecule has 0 radical (unpaired) electrons. The number of rotatable bonds is 4. The molecule has 0 fully saturated rings. The zero-order chi connectivity index (χ0) is 19.3. The normalized spacial score (nSPS) is 10.5. The molecule has 28 heavy (non-hydrogen) atoms. The lowest BCUT2D eigenvalue weighted by Gasteiger charge is -2.06. The molecule has 0 aliphatic carbocycles. The molecular formula is C21H14FN5O. The summed E-state index contributed by atoms with van der Waals surface area (Å²) >= 11 is 0. The Morgan fingerprint density at radius 3 is 1.79 bits per heavy atom. The van der Waals surface area contributed by atoms with Crippen LogP contribution in [-0.4, -0.2) is 26.3 Å². The molecule has 0 unspecified atom stereocenters. The summed E-state index contributed by atoms with van der Waals surface area (Å²) in [7, 11) is 0. The highest BCUT2D eigenvalue weighted by Crippen LogP contribution is 2.19. The Morgan fingerprint density at radius 1 is 0.679 bits per heavy atom. The van der Waals surface area contributed by atoms with Crippen LogP contribution < -0.4 is 5.32 Å². The summed E-state index contributed by atoms with van der Waals surface area (Å²) in [6.45, 7) is 0. The van der Waals surface area contributed by atoms with Gasteiger partial charge in [0.05, 0.1) is 0 Å². The molecule has 0 saturated carbocycles. The second-order valence-electron chi connectivity index (χ2n) is 5.95. The number of amides is 1. The fourth-order valence-corrected chi connectivity index (χ4v) is 2.55. The summed E-state index contributed by atoms with van der Waals surface area (Å²) in [5.41, 5.74) is 2.53. The highest BCUT2D eigenvalue weighted by atomic mass is 18.2. The van der Waals surface area contributed by atoms with E-state index in [9.17, 15) is 9.18 Å². The Bertz CT molecular complexity index is 1080. The molecule has 0 aliphatic rings. The van der Waals surface area contributed by atoms with E-state index >= 15 is 0 Å². The number of hydrogen-bond acceptors (Lipinski definition) is 5. The lowest BCUT2D eigenvalue weighted by molar-refractivity contribution is 0.102. The van der Waals surface area contributed by atoms with Crippen molar-refractivity contribution >= 4 is 11.6 Å². The number of carbonyl (C=O) groups excluding carboxylic acids is 1. The van der Waals surface area contributed by atoms with Crippen LogP contribution in [0.1, 0.15) is 10.4 Å². The quantitative estimate of drug-likeness (QED) is 0.587. The van der Waals surface area contributed by atoms with Crippen LogP contribution in [0.5, 0.6) is 0 Å². The molecule has 7 heteroatoms. The topological polar surface area (TPSA) is 80.7 Å². The third-order valence-electron chi connectivity index (χ3n) is 4.02. The van der Waals surface area contributed by atoms with Gasteiger partial charge in [0, 0.05) is 22.4 Å². The van der Waals surface area contributed by atoms with Gasteiger partial charge in [0.1, 0.15) is 5.82 Å². The molecule has 0 aliphatic heterocycles. The Balaban J connectivity index is 1.47. The van der Waals surface area contributed by atoms with E-state index in [-0.39, 0.29) is 11.7 Å². The minimum Gasteiger partial charge on any atom is -0.322 e. The number of anilines is 1. The van der Waals surface area contributed by atoms with E-state index in [1.165, 1.54) is 24.3 Å². The molecule has 6 nitrogen and oxygen atoms in total. The fourth-order valence-electron chi connectivity index (χ4n) is 2.55. The van der Waals surface area contributed by atoms with Gasteiger partial charge in [-0.3, -0.25) is 4.79 Å². The highest BCUT2D eigenvalue weighted by molar-refractivity contribution is 6.04. The number of benzene rings is 3. The SMILES string of the molecule is O=C(Nc1ccc(-c2nnc(-c3ccccc3)nn2)cc1)c1ccc([18F])cc1. The third-order valence-corrected chi connectivity index (χ3v) is 4.02. The molecule has 0 bridgehead atoms.